The van der Waals surface area contributed by atoms with Gasteiger partial charge in [0.15, 0.2) is 23.2 Å². The van der Waals surface area contributed by atoms with Gasteiger partial charge in [0.1, 0.15) is 30.9 Å². The first-order valence-corrected chi connectivity index (χ1v) is 11.3. The number of hydrogen-bond donors (Lipinski definition) is 4. The molecule has 1 saturated heterocycles. The number of nitrogens with one attached hydrogen (secondary N) is 1. The van der Waals surface area contributed by atoms with Gasteiger partial charge in [0.2, 0.25) is 5.91 Å². The molecular formula is C24H29N7O5. The largest absolute Gasteiger partial charge is 0.481 e. The number of nitrogens with zero attached hydrogens (tertiary/aromatic N) is 5. The summed E-state index contributed by atoms with van der Waals surface area (Å²) in [7, 11) is 3.67. The van der Waals surface area contributed by atoms with Gasteiger partial charge in [-0.25, -0.2) is 15.0 Å². The maximum atomic E-state index is 12.9. The smallest absolute Gasteiger partial charge is 0.237 e. The van der Waals surface area contributed by atoms with Crippen molar-refractivity contribution in [3.63, 3.8) is 0 Å². The van der Waals surface area contributed by atoms with Gasteiger partial charge in [0.05, 0.1) is 25.0 Å². The summed E-state index contributed by atoms with van der Waals surface area (Å²) in [6, 6.07) is 5.31. The molecule has 12 nitrogen and oxygen atoms in total. The molecule has 0 radical (unpaired) electrons. The molecule has 3 aromatic rings. The number of anilines is 1. The summed E-state index contributed by atoms with van der Waals surface area (Å²) in [6.07, 6.45) is 5.34. The number of nitrogens with two attached hydrogens (primary N) is 1. The fraction of sp³-hybridized carbons (Fsp3) is 0.417. The van der Waals surface area contributed by atoms with Crippen LogP contribution in [0.5, 0.6) is 5.75 Å². The van der Waals surface area contributed by atoms with Crippen LogP contribution in [0.4, 0.5) is 5.82 Å². The van der Waals surface area contributed by atoms with E-state index in [1.165, 1.54) is 12.7 Å². The maximum absolute atomic E-state index is 12.9. The molecule has 36 heavy (non-hydrogen) atoms. The Bertz CT molecular complexity index is 1240. The Labute approximate surface area is 208 Å². The van der Waals surface area contributed by atoms with Crippen LogP contribution in [0.25, 0.3) is 11.2 Å². The normalized spacial score (nSPS) is 22.2. The minimum absolute atomic E-state index is 0.165. The van der Waals surface area contributed by atoms with Crippen LogP contribution in [0, 0.1) is 12.3 Å². The Morgan fingerprint density at radius 1 is 1.33 bits per heavy atom. The topological polar surface area (TPSA) is 161 Å². The van der Waals surface area contributed by atoms with Crippen LogP contribution in [-0.4, -0.2) is 87.2 Å². The number of amides is 1. The molecular weight excluding hydrogens is 466 g/mol. The van der Waals surface area contributed by atoms with Crippen molar-refractivity contribution in [1.82, 2.24) is 24.8 Å². The maximum Gasteiger partial charge on any atom is 0.237 e. The van der Waals surface area contributed by atoms with Crippen LogP contribution < -0.4 is 20.7 Å². The monoisotopic (exact) mass is 495 g/mol. The zero-order valence-electron chi connectivity index (χ0n) is 20.0. The van der Waals surface area contributed by atoms with E-state index >= 15 is 0 Å². The van der Waals surface area contributed by atoms with Crippen molar-refractivity contribution in [3.8, 4) is 18.1 Å². The van der Waals surface area contributed by atoms with E-state index in [4.69, 9.17) is 21.6 Å². The number of terminal acetylenes is 1. The molecule has 5 atom stereocenters. The van der Waals surface area contributed by atoms with E-state index in [-0.39, 0.29) is 13.0 Å². The third kappa shape index (κ3) is 5.09. The SMILES string of the molecule is C#CCOc1ccc(C[C@H](N)C(=O)NC2[C@@H](CO)O[C@@H](n3cnc4c(N(C)C)ncnc43)[C@H]2O)cc1. The lowest BCUT2D eigenvalue weighted by Gasteiger charge is -2.23. The second kappa shape index (κ2) is 10.9. The van der Waals surface area contributed by atoms with Crippen molar-refractivity contribution < 1.29 is 24.5 Å². The first-order valence-electron chi connectivity index (χ1n) is 11.3. The number of hydrogen-bond acceptors (Lipinski definition) is 10. The molecule has 2 aromatic heterocycles. The van der Waals surface area contributed by atoms with E-state index in [9.17, 15) is 15.0 Å². The van der Waals surface area contributed by atoms with Crippen molar-refractivity contribution >= 4 is 22.9 Å². The predicted molar refractivity (Wildman–Crippen MR) is 131 cm³/mol. The highest BCUT2D eigenvalue weighted by atomic mass is 16.5. The Kier molecular flexibility index (Phi) is 7.66. The molecule has 4 rings (SSSR count). The third-order valence-electron chi connectivity index (χ3n) is 5.94. The van der Waals surface area contributed by atoms with Gasteiger partial charge in [-0.15, -0.1) is 6.42 Å². The number of fused-ring (bicyclic) bond motifs is 1. The molecule has 1 aliphatic rings. The average molecular weight is 496 g/mol. The van der Waals surface area contributed by atoms with Gasteiger partial charge in [-0.2, -0.15) is 0 Å². The number of benzene rings is 1. The number of carbonyl (C=O) groups is 1. The summed E-state index contributed by atoms with van der Waals surface area (Å²) >= 11 is 0. The van der Waals surface area contributed by atoms with E-state index in [0.29, 0.717) is 22.7 Å². The lowest BCUT2D eigenvalue weighted by molar-refractivity contribution is -0.124. The minimum Gasteiger partial charge on any atom is -0.481 e. The Hall–Kier alpha value is -3.76. The fourth-order valence-electron chi connectivity index (χ4n) is 4.12. The third-order valence-corrected chi connectivity index (χ3v) is 5.94. The van der Waals surface area contributed by atoms with Crippen molar-refractivity contribution in [2.75, 3.05) is 32.2 Å². The van der Waals surface area contributed by atoms with Gasteiger partial charge in [0.25, 0.3) is 0 Å². The number of imidazole rings is 1. The fourth-order valence-corrected chi connectivity index (χ4v) is 4.12. The van der Waals surface area contributed by atoms with E-state index in [2.05, 4.69) is 26.2 Å². The molecule has 1 unspecified atom stereocenters. The van der Waals surface area contributed by atoms with E-state index in [1.807, 2.05) is 14.1 Å². The van der Waals surface area contributed by atoms with Crippen LogP contribution in [0.2, 0.25) is 0 Å². The first-order chi connectivity index (χ1) is 17.3. The number of ether oxygens (including phenoxy) is 2. The van der Waals surface area contributed by atoms with Crippen molar-refractivity contribution in [3.05, 3.63) is 42.5 Å². The Morgan fingerprint density at radius 2 is 2.08 bits per heavy atom. The molecule has 5 N–H and O–H groups in total. The van der Waals surface area contributed by atoms with Crippen LogP contribution >= 0.6 is 0 Å². The van der Waals surface area contributed by atoms with Gasteiger partial charge in [-0.05, 0) is 24.1 Å². The molecule has 1 fully saturated rings. The van der Waals surface area contributed by atoms with Gasteiger partial charge in [-0.3, -0.25) is 9.36 Å². The van der Waals surface area contributed by atoms with E-state index in [1.54, 1.807) is 33.7 Å². The van der Waals surface area contributed by atoms with Gasteiger partial charge >= 0.3 is 0 Å². The van der Waals surface area contributed by atoms with Gasteiger partial charge < -0.3 is 35.6 Å². The molecule has 3 heterocycles. The molecule has 1 aliphatic heterocycles. The summed E-state index contributed by atoms with van der Waals surface area (Å²) in [5, 5.41) is 23.7. The number of carbonyl (C=O) groups excluding carboxylic acids is 1. The molecule has 0 bridgehead atoms. The lowest BCUT2D eigenvalue weighted by atomic mass is 10.0. The van der Waals surface area contributed by atoms with Crippen molar-refractivity contribution in [2.45, 2.75) is 36.9 Å². The van der Waals surface area contributed by atoms with Crippen LogP contribution in [0.3, 0.4) is 0 Å². The van der Waals surface area contributed by atoms with E-state index < -0.39 is 43.0 Å². The second-order valence-electron chi connectivity index (χ2n) is 8.64. The first kappa shape index (κ1) is 25.3. The molecule has 190 valence electrons. The van der Waals surface area contributed by atoms with Crippen LogP contribution in [0.1, 0.15) is 11.8 Å². The minimum atomic E-state index is -1.19. The summed E-state index contributed by atoms with van der Waals surface area (Å²) in [5.74, 6) is 3.14. The lowest BCUT2D eigenvalue weighted by Crippen LogP contribution is -2.53. The Morgan fingerprint density at radius 3 is 2.75 bits per heavy atom. The van der Waals surface area contributed by atoms with Crippen molar-refractivity contribution in [2.24, 2.45) is 5.73 Å². The highest BCUT2D eigenvalue weighted by Crippen LogP contribution is 2.32. The molecule has 0 spiro atoms. The number of aliphatic hydroxyl groups is 2. The predicted octanol–water partition coefficient (Wildman–Crippen LogP) is -0.790. The molecule has 1 amide bonds. The second-order valence-corrected chi connectivity index (χ2v) is 8.64. The summed E-state index contributed by atoms with van der Waals surface area (Å²) in [6.45, 7) is -0.254. The quantitative estimate of drug-likeness (QED) is 0.277. The van der Waals surface area contributed by atoms with Crippen molar-refractivity contribution in [1.29, 1.82) is 0 Å². The van der Waals surface area contributed by atoms with Crippen LogP contribution in [-0.2, 0) is 16.0 Å². The Balaban J connectivity index is 1.45. The van der Waals surface area contributed by atoms with E-state index in [0.717, 1.165) is 5.56 Å². The van der Waals surface area contributed by atoms with Gasteiger partial charge in [0, 0.05) is 14.1 Å². The summed E-state index contributed by atoms with van der Waals surface area (Å²) in [4.78, 5) is 27.5. The number of aliphatic hydroxyl groups excluding tert-OH is 2. The zero-order valence-corrected chi connectivity index (χ0v) is 20.0. The number of aromatic nitrogens is 4. The molecule has 12 heteroatoms. The standard InChI is InChI=1S/C24H29N7O5/c1-4-9-35-15-7-5-14(6-8-15)10-16(25)23(34)29-18-17(11-32)36-24(20(18)33)31-13-28-19-21(30(2)3)26-12-27-22(19)31/h1,5-8,12-13,16-18,20,24,32-33H,9-11,25H2,2-3H3,(H,29,34)/t16-,17+,18?,20-,24+/m0/s1. The summed E-state index contributed by atoms with van der Waals surface area (Å²) in [5.41, 5.74) is 7.94. The molecule has 0 aliphatic carbocycles. The highest BCUT2D eigenvalue weighted by Gasteiger charge is 2.46. The average Bonchev–Trinajstić information content (AvgIpc) is 3.44. The highest BCUT2D eigenvalue weighted by molar-refractivity contribution is 5.83. The van der Waals surface area contributed by atoms with Gasteiger partial charge in [-0.1, -0.05) is 18.1 Å². The molecule has 1 aromatic carbocycles. The zero-order chi connectivity index (χ0) is 25.8. The molecule has 0 saturated carbocycles. The summed E-state index contributed by atoms with van der Waals surface area (Å²) < 4.78 is 12.8. The number of rotatable bonds is 9. The van der Waals surface area contributed by atoms with Crippen LogP contribution in [0.15, 0.2) is 36.9 Å².